The number of unbranched alkanes of at least 4 members (excludes halogenated alkanes) is 1. The number of halogens is 1. The minimum absolute atomic E-state index is 0.388. The molecule has 2 aromatic carbocycles. The summed E-state index contributed by atoms with van der Waals surface area (Å²) in [6.45, 7) is 1.59. The molecule has 7 heteroatoms. The molecule has 1 heterocycles. The predicted octanol–water partition coefficient (Wildman–Crippen LogP) is 3.40. The normalized spacial score (nSPS) is 18.9. The number of anilines is 1. The molecule has 2 N–H and O–H groups in total. The van der Waals surface area contributed by atoms with Gasteiger partial charge in [0.2, 0.25) is 5.91 Å². The van der Waals surface area contributed by atoms with Crippen molar-refractivity contribution in [3.05, 3.63) is 66.0 Å². The second-order valence-electron chi connectivity index (χ2n) is 6.75. The highest BCUT2D eigenvalue weighted by Crippen LogP contribution is 2.34. The molecule has 1 aliphatic heterocycles. The summed E-state index contributed by atoms with van der Waals surface area (Å²) in [6, 6.07) is 13.7. The third kappa shape index (κ3) is 3.88. The lowest BCUT2D eigenvalue weighted by Crippen LogP contribution is -2.44. The maximum atomic E-state index is 13.2. The summed E-state index contributed by atoms with van der Waals surface area (Å²) in [6.07, 6.45) is 2.06. The van der Waals surface area contributed by atoms with E-state index < -0.39 is 35.7 Å². The summed E-state index contributed by atoms with van der Waals surface area (Å²) in [4.78, 5) is 39.0. The van der Waals surface area contributed by atoms with E-state index in [1.54, 1.807) is 12.1 Å². The number of benzene rings is 2. The summed E-state index contributed by atoms with van der Waals surface area (Å²) < 4.78 is 13.0. The van der Waals surface area contributed by atoms with Crippen molar-refractivity contribution >= 4 is 23.5 Å². The van der Waals surface area contributed by atoms with Crippen LogP contribution < -0.4 is 10.6 Å². The SMILES string of the molecule is CCCCC1(c2ccccc2)NC(=O)N(CC(=O)Nc2ccc(F)cc2)C1=O. The van der Waals surface area contributed by atoms with E-state index in [0.717, 1.165) is 17.7 Å². The van der Waals surface area contributed by atoms with Crippen molar-refractivity contribution in [3.8, 4) is 0 Å². The Bertz CT molecular complexity index is 870. The van der Waals surface area contributed by atoms with Gasteiger partial charge in [-0.3, -0.25) is 14.5 Å². The first-order chi connectivity index (χ1) is 13.5. The van der Waals surface area contributed by atoms with Gasteiger partial charge in [0.1, 0.15) is 17.9 Å². The van der Waals surface area contributed by atoms with Gasteiger partial charge in [-0.25, -0.2) is 9.18 Å². The number of hydrogen-bond acceptors (Lipinski definition) is 3. The van der Waals surface area contributed by atoms with Gasteiger partial charge >= 0.3 is 6.03 Å². The van der Waals surface area contributed by atoms with Gasteiger partial charge in [-0.1, -0.05) is 50.1 Å². The number of carbonyl (C=O) groups excluding carboxylic acids is 3. The minimum Gasteiger partial charge on any atom is -0.325 e. The van der Waals surface area contributed by atoms with Crippen LogP contribution in [-0.2, 0) is 15.1 Å². The topological polar surface area (TPSA) is 78.5 Å². The van der Waals surface area contributed by atoms with Crippen molar-refractivity contribution in [3.63, 3.8) is 0 Å². The fourth-order valence-electron chi connectivity index (χ4n) is 3.32. The third-order valence-electron chi connectivity index (χ3n) is 4.78. The van der Waals surface area contributed by atoms with Crippen LogP contribution in [0.1, 0.15) is 31.7 Å². The Hall–Kier alpha value is -3.22. The first-order valence-corrected chi connectivity index (χ1v) is 9.21. The number of carbonyl (C=O) groups is 3. The number of urea groups is 1. The van der Waals surface area contributed by atoms with Crippen molar-refractivity contribution in [2.75, 3.05) is 11.9 Å². The smallest absolute Gasteiger partial charge is 0.325 e. The Morgan fingerprint density at radius 3 is 2.43 bits per heavy atom. The second-order valence-corrected chi connectivity index (χ2v) is 6.75. The lowest BCUT2D eigenvalue weighted by molar-refractivity contribution is -0.134. The molecular weight excluding hydrogens is 361 g/mol. The number of imide groups is 1. The van der Waals surface area contributed by atoms with Gasteiger partial charge in [0, 0.05) is 5.69 Å². The van der Waals surface area contributed by atoms with E-state index in [4.69, 9.17) is 0 Å². The number of amides is 4. The van der Waals surface area contributed by atoms with Gasteiger partial charge in [0.15, 0.2) is 0 Å². The van der Waals surface area contributed by atoms with E-state index in [1.807, 2.05) is 25.1 Å². The van der Waals surface area contributed by atoms with Crippen LogP contribution in [0.3, 0.4) is 0 Å². The zero-order valence-electron chi connectivity index (χ0n) is 15.6. The van der Waals surface area contributed by atoms with E-state index >= 15 is 0 Å². The van der Waals surface area contributed by atoms with Crippen molar-refractivity contribution in [2.45, 2.75) is 31.7 Å². The Labute approximate surface area is 162 Å². The van der Waals surface area contributed by atoms with Crippen molar-refractivity contribution < 1.29 is 18.8 Å². The highest BCUT2D eigenvalue weighted by molar-refractivity contribution is 6.10. The maximum absolute atomic E-state index is 13.2. The fourth-order valence-corrected chi connectivity index (χ4v) is 3.32. The van der Waals surface area contributed by atoms with Gasteiger partial charge < -0.3 is 10.6 Å². The van der Waals surface area contributed by atoms with Crippen molar-refractivity contribution in [1.82, 2.24) is 10.2 Å². The average molecular weight is 383 g/mol. The molecule has 4 amide bonds. The van der Waals surface area contributed by atoms with Gasteiger partial charge in [0.05, 0.1) is 0 Å². The van der Waals surface area contributed by atoms with E-state index in [2.05, 4.69) is 10.6 Å². The molecule has 1 atom stereocenters. The monoisotopic (exact) mass is 383 g/mol. The molecule has 1 unspecified atom stereocenters. The van der Waals surface area contributed by atoms with Crippen LogP contribution in [0.15, 0.2) is 54.6 Å². The fraction of sp³-hybridized carbons (Fsp3) is 0.286. The number of nitrogens with zero attached hydrogens (tertiary/aromatic N) is 1. The van der Waals surface area contributed by atoms with Crippen molar-refractivity contribution in [1.29, 1.82) is 0 Å². The van der Waals surface area contributed by atoms with E-state index in [0.29, 0.717) is 17.7 Å². The molecule has 0 spiro atoms. The average Bonchev–Trinajstić information content (AvgIpc) is 2.94. The van der Waals surface area contributed by atoms with Crippen LogP contribution in [0.25, 0.3) is 0 Å². The molecule has 146 valence electrons. The first kappa shape index (κ1) is 19.5. The molecule has 3 rings (SSSR count). The van der Waals surface area contributed by atoms with Crippen LogP contribution in [0.5, 0.6) is 0 Å². The molecule has 2 aromatic rings. The summed E-state index contributed by atoms with van der Waals surface area (Å²) in [5.41, 5.74) is -0.0770. The molecular formula is C21H22FN3O3. The molecule has 0 aliphatic carbocycles. The van der Waals surface area contributed by atoms with Crippen LogP contribution >= 0.6 is 0 Å². The molecule has 1 aliphatic rings. The molecule has 0 bridgehead atoms. The number of rotatable bonds is 7. The minimum atomic E-state index is -1.16. The first-order valence-electron chi connectivity index (χ1n) is 9.21. The zero-order valence-corrected chi connectivity index (χ0v) is 15.6. The summed E-state index contributed by atoms with van der Waals surface area (Å²) in [7, 11) is 0. The Morgan fingerprint density at radius 2 is 1.79 bits per heavy atom. The summed E-state index contributed by atoms with van der Waals surface area (Å²) in [5, 5.41) is 5.37. The van der Waals surface area contributed by atoms with E-state index in [-0.39, 0.29) is 0 Å². The molecule has 28 heavy (non-hydrogen) atoms. The van der Waals surface area contributed by atoms with E-state index in [9.17, 15) is 18.8 Å². The number of hydrogen-bond donors (Lipinski definition) is 2. The Kier molecular flexibility index (Phi) is 5.73. The number of nitrogens with one attached hydrogen (secondary N) is 2. The van der Waals surface area contributed by atoms with Crippen LogP contribution in [0, 0.1) is 5.82 Å². The molecule has 6 nitrogen and oxygen atoms in total. The lowest BCUT2D eigenvalue weighted by atomic mass is 9.85. The Morgan fingerprint density at radius 1 is 1.11 bits per heavy atom. The lowest BCUT2D eigenvalue weighted by Gasteiger charge is -2.27. The summed E-state index contributed by atoms with van der Waals surface area (Å²) in [5.74, 6) is -1.39. The van der Waals surface area contributed by atoms with Crippen LogP contribution in [0.2, 0.25) is 0 Å². The predicted molar refractivity (Wildman–Crippen MR) is 103 cm³/mol. The quantitative estimate of drug-likeness (QED) is 0.720. The highest BCUT2D eigenvalue weighted by Gasteiger charge is 2.52. The largest absolute Gasteiger partial charge is 0.325 e. The Balaban J connectivity index is 1.79. The maximum Gasteiger partial charge on any atom is 0.325 e. The van der Waals surface area contributed by atoms with Gasteiger partial charge in [-0.2, -0.15) is 0 Å². The molecule has 0 aromatic heterocycles. The molecule has 0 saturated carbocycles. The van der Waals surface area contributed by atoms with Crippen LogP contribution in [0.4, 0.5) is 14.9 Å². The van der Waals surface area contributed by atoms with Gasteiger partial charge in [0.25, 0.3) is 5.91 Å². The third-order valence-corrected chi connectivity index (χ3v) is 4.78. The van der Waals surface area contributed by atoms with Gasteiger partial charge in [-0.05, 0) is 36.2 Å². The highest BCUT2D eigenvalue weighted by atomic mass is 19.1. The second kappa shape index (κ2) is 8.21. The molecule has 1 saturated heterocycles. The van der Waals surface area contributed by atoms with E-state index in [1.165, 1.54) is 24.3 Å². The standard InChI is InChI=1S/C21H22FN3O3/c1-2-3-13-21(15-7-5-4-6-8-15)19(27)25(20(28)24-21)14-18(26)23-17-11-9-16(22)10-12-17/h4-12H,2-3,13-14H2,1H3,(H,23,26)(H,24,28). The molecule has 1 fully saturated rings. The zero-order chi connectivity index (χ0) is 20.1. The van der Waals surface area contributed by atoms with Gasteiger partial charge in [-0.15, -0.1) is 0 Å². The summed E-state index contributed by atoms with van der Waals surface area (Å²) >= 11 is 0. The molecule has 0 radical (unpaired) electrons. The van der Waals surface area contributed by atoms with Crippen molar-refractivity contribution in [2.24, 2.45) is 0 Å². The van der Waals surface area contributed by atoms with Crippen LogP contribution in [-0.4, -0.2) is 29.3 Å².